The van der Waals surface area contributed by atoms with Crippen LogP contribution < -0.4 is 5.32 Å². The Bertz CT molecular complexity index is 1160. The molecule has 7 atom stereocenters. The van der Waals surface area contributed by atoms with Gasteiger partial charge in [0.25, 0.3) is 0 Å². The van der Waals surface area contributed by atoms with Gasteiger partial charge in [0.1, 0.15) is 18.9 Å². The number of allylic oxidation sites excluding steroid dienone is 4. The minimum Gasteiger partial charge on any atom is -0.392 e. The third-order valence-electron chi connectivity index (χ3n) is 10.2. The molecule has 0 bridgehead atoms. The third kappa shape index (κ3) is 26.8. The number of quaternary nitrogens is 1. The van der Waals surface area contributed by atoms with E-state index in [1.54, 1.807) is 18.2 Å². The van der Waals surface area contributed by atoms with Crippen LogP contribution in [0, 0.1) is 11.8 Å². The fraction of sp³-hybridized carbons (Fsp3) is 0.814. The zero-order valence-electron chi connectivity index (χ0n) is 35.1. The van der Waals surface area contributed by atoms with Crippen LogP contribution in [0.3, 0.4) is 0 Å². The topological polar surface area (TPSA) is 163 Å². The molecule has 55 heavy (non-hydrogen) atoms. The van der Waals surface area contributed by atoms with Crippen molar-refractivity contribution >= 4 is 19.5 Å². The van der Waals surface area contributed by atoms with E-state index < -0.39 is 38.8 Å². The molecule has 12 heteroatoms. The van der Waals surface area contributed by atoms with Gasteiger partial charge in [-0.3, -0.25) is 18.6 Å². The lowest BCUT2D eigenvalue weighted by molar-refractivity contribution is -0.870. The summed E-state index contributed by atoms with van der Waals surface area (Å²) in [5.74, 6) is -0.823. The van der Waals surface area contributed by atoms with Gasteiger partial charge in [0.15, 0.2) is 0 Å². The van der Waals surface area contributed by atoms with Crippen molar-refractivity contribution in [3.63, 3.8) is 0 Å². The molecular weight excluding hydrogens is 719 g/mol. The molecular formula is C43H80N2O9P+. The number of nitrogens with one attached hydrogen (secondary N) is 1. The van der Waals surface area contributed by atoms with Crippen molar-refractivity contribution in [3.8, 4) is 0 Å². The number of likely N-dealkylation sites (N-methyl/N-ethyl adjacent to an activating group) is 1. The fourth-order valence-corrected chi connectivity index (χ4v) is 7.45. The summed E-state index contributed by atoms with van der Waals surface area (Å²) < 4.78 is 23.5. The smallest absolute Gasteiger partial charge is 0.392 e. The Labute approximate surface area is 334 Å². The Morgan fingerprint density at radius 2 is 1.49 bits per heavy atom. The first-order valence-electron chi connectivity index (χ1n) is 21.5. The molecule has 1 rings (SSSR count). The summed E-state index contributed by atoms with van der Waals surface area (Å²) in [6.07, 6.45) is 28.2. The highest BCUT2D eigenvalue weighted by Gasteiger charge is 2.39. The molecule has 0 aliphatic heterocycles. The second-order valence-corrected chi connectivity index (χ2v) is 17.9. The fourth-order valence-electron chi connectivity index (χ4n) is 6.71. The van der Waals surface area contributed by atoms with Gasteiger partial charge in [0.2, 0.25) is 5.91 Å². The van der Waals surface area contributed by atoms with Gasteiger partial charge in [0, 0.05) is 18.8 Å². The molecule has 0 aromatic carbocycles. The van der Waals surface area contributed by atoms with Gasteiger partial charge in [0.05, 0.1) is 52.1 Å². The lowest BCUT2D eigenvalue weighted by atomic mass is 9.88. The molecule has 0 saturated heterocycles. The van der Waals surface area contributed by atoms with Gasteiger partial charge in [-0.25, -0.2) is 4.57 Å². The third-order valence-corrected chi connectivity index (χ3v) is 11.2. The number of rotatable bonds is 34. The summed E-state index contributed by atoms with van der Waals surface area (Å²) in [4.78, 5) is 35.8. The number of Topliss-reactive ketones (excluding diaryl/α,β-unsaturated/α-hetero) is 1. The number of carbonyl (C=O) groups is 2. The molecule has 0 aromatic heterocycles. The highest BCUT2D eigenvalue weighted by molar-refractivity contribution is 7.47. The van der Waals surface area contributed by atoms with E-state index in [9.17, 15) is 34.4 Å². The molecule has 1 aliphatic rings. The molecule has 1 aliphatic carbocycles. The lowest BCUT2D eigenvalue weighted by Crippen LogP contribution is -2.45. The predicted molar refractivity (Wildman–Crippen MR) is 222 cm³/mol. The first kappa shape index (κ1) is 51.3. The Kier molecular flexibility index (Phi) is 28.4. The predicted octanol–water partition coefficient (Wildman–Crippen LogP) is 8.11. The number of aliphatic hydroxyl groups is 3. The highest BCUT2D eigenvalue weighted by atomic mass is 31.2. The molecule has 1 saturated carbocycles. The summed E-state index contributed by atoms with van der Waals surface area (Å²) in [6.45, 7) is 4.42. The number of nitrogens with zero attached hydrogens (tertiary/aromatic N) is 1. The van der Waals surface area contributed by atoms with Crippen LogP contribution in [0.5, 0.6) is 0 Å². The maximum Gasteiger partial charge on any atom is 0.472 e. The standard InChI is InChI=1S/C43H79N2O9P/c1-6-8-10-11-12-13-14-15-16-17-18-19-24-28-40(47)39(35-54-55(51,52)53-33-32-45(3,4)5)44-43(50)29-25-21-20-23-27-37-38(42(49)34-41(37)48)31-30-36(46)26-22-9-7-2/h10-11,24,28,30-31,36-41,46-48H,6-9,12-23,25-27,29,32-35H2,1-5H3,(H-,44,50,51,52)/p+1/b11-10-,28-24+,31-30+/t36-,37+,38+,39-,40+,41-/m0/s1. The number of carbonyl (C=O) groups excluding carboxylic acids is 2. The van der Waals surface area contributed by atoms with Gasteiger partial charge in [-0.1, -0.05) is 121 Å². The molecule has 0 aromatic rings. The number of phosphoric ester groups is 1. The van der Waals surface area contributed by atoms with Crippen LogP contribution in [-0.2, 0) is 23.2 Å². The second-order valence-electron chi connectivity index (χ2n) is 16.5. The van der Waals surface area contributed by atoms with Gasteiger partial charge >= 0.3 is 7.82 Å². The van der Waals surface area contributed by atoms with E-state index in [0.717, 1.165) is 70.6 Å². The first-order valence-corrected chi connectivity index (χ1v) is 23.0. The van der Waals surface area contributed by atoms with Gasteiger partial charge in [-0.2, -0.15) is 0 Å². The van der Waals surface area contributed by atoms with Crippen LogP contribution in [0.25, 0.3) is 0 Å². The van der Waals surface area contributed by atoms with E-state index in [0.29, 0.717) is 30.3 Å². The molecule has 320 valence electrons. The monoisotopic (exact) mass is 800 g/mol. The Hall–Kier alpha value is -1.69. The summed E-state index contributed by atoms with van der Waals surface area (Å²) >= 11 is 0. The molecule has 1 unspecified atom stereocenters. The number of hydrogen-bond donors (Lipinski definition) is 5. The average molecular weight is 800 g/mol. The molecule has 5 N–H and O–H groups in total. The van der Waals surface area contributed by atoms with Crippen molar-refractivity contribution < 1.29 is 47.9 Å². The average Bonchev–Trinajstić information content (AvgIpc) is 3.39. The summed E-state index contributed by atoms with van der Waals surface area (Å²) in [7, 11) is 1.42. The van der Waals surface area contributed by atoms with Gasteiger partial charge in [-0.05, 0) is 57.3 Å². The van der Waals surface area contributed by atoms with E-state index in [1.165, 1.54) is 32.1 Å². The number of unbranched alkanes of at least 4 members (excludes halogenated alkanes) is 13. The van der Waals surface area contributed by atoms with Crippen molar-refractivity contribution in [3.05, 3.63) is 36.5 Å². The molecule has 0 spiro atoms. The van der Waals surface area contributed by atoms with Crippen LogP contribution in [0.4, 0.5) is 0 Å². The SMILES string of the molecule is CCC/C=C\CCCCCCCC/C=C/[C@@H](O)[C@H](COP(=O)(O)OCC[N+](C)(C)C)NC(=O)CCCCCC[C@H]1[C@@H](O)CC(=O)[C@@H]1/C=C/[C@@H](O)CCCCC. The maximum atomic E-state index is 13.0. The normalized spacial score (nSPS) is 20.8. The van der Waals surface area contributed by atoms with E-state index >= 15 is 0 Å². The lowest BCUT2D eigenvalue weighted by Gasteiger charge is -2.25. The van der Waals surface area contributed by atoms with E-state index in [1.807, 2.05) is 27.2 Å². The largest absolute Gasteiger partial charge is 0.472 e. The number of ketones is 1. The van der Waals surface area contributed by atoms with Crippen molar-refractivity contribution in [2.75, 3.05) is 40.9 Å². The van der Waals surface area contributed by atoms with E-state index in [-0.39, 0.29) is 43.0 Å². The van der Waals surface area contributed by atoms with Crippen molar-refractivity contribution in [2.24, 2.45) is 11.8 Å². The second kappa shape index (κ2) is 30.4. The van der Waals surface area contributed by atoms with E-state index in [2.05, 4.69) is 31.3 Å². The number of aliphatic hydroxyl groups excluding tert-OH is 3. The van der Waals surface area contributed by atoms with Crippen LogP contribution in [0.15, 0.2) is 36.5 Å². The number of amides is 1. The zero-order chi connectivity index (χ0) is 41.0. The van der Waals surface area contributed by atoms with Crippen molar-refractivity contribution in [2.45, 2.75) is 173 Å². The zero-order valence-corrected chi connectivity index (χ0v) is 36.0. The van der Waals surface area contributed by atoms with Crippen LogP contribution >= 0.6 is 7.82 Å². The minimum atomic E-state index is -4.40. The molecule has 0 radical (unpaired) electrons. The minimum absolute atomic E-state index is 0.0160. The molecule has 1 amide bonds. The maximum absolute atomic E-state index is 13.0. The Morgan fingerprint density at radius 3 is 2.16 bits per heavy atom. The summed E-state index contributed by atoms with van der Waals surface area (Å²) in [5.41, 5.74) is 0. The highest BCUT2D eigenvalue weighted by Crippen LogP contribution is 2.43. The van der Waals surface area contributed by atoms with Crippen molar-refractivity contribution in [1.82, 2.24) is 5.32 Å². The van der Waals surface area contributed by atoms with Gasteiger partial charge in [-0.15, -0.1) is 0 Å². The van der Waals surface area contributed by atoms with Crippen LogP contribution in [0.2, 0.25) is 0 Å². The molecule has 11 nitrogen and oxygen atoms in total. The number of hydrogen-bond acceptors (Lipinski definition) is 8. The van der Waals surface area contributed by atoms with Crippen LogP contribution in [0.1, 0.15) is 149 Å². The summed E-state index contributed by atoms with van der Waals surface area (Å²) in [5, 5.41) is 34.6. The van der Waals surface area contributed by atoms with Crippen LogP contribution in [-0.4, -0.2) is 102 Å². The Morgan fingerprint density at radius 1 is 0.855 bits per heavy atom. The van der Waals surface area contributed by atoms with E-state index in [4.69, 9.17) is 9.05 Å². The number of phosphoric acid groups is 1. The summed E-state index contributed by atoms with van der Waals surface area (Å²) in [6, 6.07) is -0.936. The van der Waals surface area contributed by atoms with Gasteiger partial charge < -0.3 is 30.0 Å². The molecule has 0 heterocycles. The quantitative estimate of drug-likeness (QED) is 0.0187. The first-order chi connectivity index (χ1) is 26.2. The molecule has 1 fully saturated rings. The Balaban J connectivity index is 2.57. The van der Waals surface area contributed by atoms with Crippen molar-refractivity contribution in [1.29, 1.82) is 0 Å².